The summed E-state index contributed by atoms with van der Waals surface area (Å²) in [6, 6.07) is 8.82. The summed E-state index contributed by atoms with van der Waals surface area (Å²) in [6.45, 7) is 10.0. The molecule has 2 amide bonds. The monoisotopic (exact) mass is 350 g/mol. The van der Waals surface area contributed by atoms with Crippen LogP contribution in [0.2, 0.25) is 0 Å². The third kappa shape index (κ3) is 9.72. The van der Waals surface area contributed by atoms with Gasteiger partial charge in [-0.25, -0.2) is 4.79 Å². The van der Waals surface area contributed by atoms with Crippen molar-refractivity contribution >= 4 is 12.0 Å². The summed E-state index contributed by atoms with van der Waals surface area (Å²) >= 11 is 0. The highest BCUT2D eigenvalue weighted by atomic mass is 16.6. The lowest BCUT2D eigenvalue weighted by molar-refractivity contribution is -0.123. The van der Waals surface area contributed by atoms with Crippen molar-refractivity contribution in [2.24, 2.45) is 0 Å². The van der Waals surface area contributed by atoms with Crippen molar-refractivity contribution in [2.45, 2.75) is 58.8 Å². The molecule has 6 nitrogen and oxygen atoms in total. The average molecular weight is 350 g/mol. The minimum absolute atomic E-state index is 0.108. The largest absolute Gasteiger partial charge is 0.444 e. The Bertz CT molecular complexity index is 538. The van der Waals surface area contributed by atoms with Gasteiger partial charge in [-0.3, -0.25) is 4.79 Å². The van der Waals surface area contributed by atoms with E-state index < -0.39 is 17.7 Å². The number of carbonyl (C=O) groups is 2. The smallest absolute Gasteiger partial charge is 0.408 e. The van der Waals surface area contributed by atoms with Crippen LogP contribution in [0.1, 0.15) is 40.2 Å². The molecule has 0 fully saturated rings. The molecule has 0 saturated heterocycles. The van der Waals surface area contributed by atoms with E-state index in [2.05, 4.69) is 10.6 Å². The Hall–Kier alpha value is -2.08. The van der Waals surface area contributed by atoms with E-state index in [0.29, 0.717) is 19.6 Å². The molecule has 0 aliphatic rings. The van der Waals surface area contributed by atoms with Crippen molar-refractivity contribution < 1.29 is 19.1 Å². The van der Waals surface area contributed by atoms with Gasteiger partial charge in [0.15, 0.2) is 0 Å². The van der Waals surface area contributed by atoms with Crippen molar-refractivity contribution in [1.29, 1.82) is 0 Å². The zero-order chi connectivity index (χ0) is 18.9. The van der Waals surface area contributed by atoms with Crippen LogP contribution in [-0.2, 0) is 20.7 Å². The highest BCUT2D eigenvalue weighted by Gasteiger charge is 2.24. The van der Waals surface area contributed by atoms with Crippen LogP contribution in [0.3, 0.4) is 0 Å². The van der Waals surface area contributed by atoms with E-state index >= 15 is 0 Å². The molecule has 0 spiro atoms. The van der Waals surface area contributed by atoms with E-state index in [1.807, 2.05) is 44.2 Å². The molecule has 1 atom stereocenters. The summed E-state index contributed by atoms with van der Waals surface area (Å²) in [5.74, 6) is -0.262. The van der Waals surface area contributed by atoms with Crippen molar-refractivity contribution in [1.82, 2.24) is 10.6 Å². The van der Waals surface area contributed by atoms with Crippen LogP contribution >= 0.6 is 0 Å². The zero-order valence-corrected chi connectivity index (χ0v) is 15.8. The van der Waals surface area contributed by atoms with Gasteiger partial charge in [-0.05, 0) is 40.2 Å². The number of carbonyl (C=O) groups excluding carboxylic acids is 2. The number of hydrogen-bond donors (Lipinski definition) is 2. The Morgan fingerprint density at radius 2 is 1.76 bits per heavy atom. The Morgan fingerprint density at radius 1 is 1.12 bits per heavy atom. The van der Waals surface area contributed by atoms with Crippen molar-refractivity contribution in [3.8, 4) is 0 Å². The summed E-state index contributed by atoms with van der Waals surface area (Å²) in [4.78, 5) is 24.5. The molecule has 6 heteroatoms. The number of amides is 2. The summed E-state index contributed by atoms with van der Waals surface area (Å²) in [7, 11) is 0. The van der Waals surface area contributed by atoms with Gasteiger partial charge < -0.3 is 20.1 Å². The van der Waals surface area contributed by atoms with Crippen molar-refractivity contribution in [2.75, 3.05) is 13.2 Å². The topological polar surface area (TPSA) is 76.7 Å². The molecule has 140 valence electrons. The van der Waals surface area contributed by atoms with Crippen LogP contribution in [0.4, 0.5) is 4.79 Å². The first kappa shape index (κ1) is 21.0. The van der Waals surface area contributed by atoms with Gasteiger partial charge >= 0.3 is 6.09 Å². The van der Waals surface area contributed by atoms with Gasteiger partial charge in [0, 0.05) is 13.0 Å². The molecule has 0 radical (unpaired) electrons. The van der Waals surface area contributed by atoms with Gasteiger partial charge in [-0.1, -0.05) is 30.3 Å². The standard InChI is InChI=1S/C19H30N2O4/c1-14(2)24-12-11-20-17(22)16(13-15-9-7-6-8-10-15)21-18(23)25-19(3,4)5/h6-10,14,16H,11-13H2,1-5H3,(H,20,22)(H,21,23). The number of rotatable bonds is 8. The van der Waals surface area contributed by atoms with E-state index in [9.17, 15) is 9.59 Å². The number of benzene rings is 1. The minimum atomic E-state index is -0.712. The van der Waals surface area contributed by atoms with Crippen molar-refractivity contribution in [3.63, 3.8) is 0 Å². The van der Waals surface area contributed by atoms with Crippen LogP contribution in [0, 0.1) is 0 Å². The van der Waals surface area contributed by atoms with Gasteiger partial charge in [0.1, 0.15) is 11.6 Å². The van der Waals surface area contributed by atoms with Crippen LogP contribution in [0.25, 0.3) is 0 Å². The van der Waals surface area contributed by atoms with Crippen LogP contribution in [0.15, 0.2) is 30.3 Å². The highest BCUT2D eigenvalue weighted by molar-refractivity contribution is 5.86. The fourth-order valence-corrected chi connectivity index (χ4v) is 2.10. The quantitative estimate of drug-likeness (QED) is 0.707. The van der Waals surface area contributed by atoms with Gasteiger partial charge in [0.2, 0.25) is 5.91 Å². The second-order valence-electron chi connectivity index (χ2n) is 7.10. The van der Waals surface area contributed by atoms with Gasteiger partial charge in [0.05, 0.1) is 12.7 Å². The summed E-state index contributed by atoms with van der Waals surface area (Å²) < 4.78 is 10.7. The maximum Gasteiger partial charge on any atom is 0.408 e. The number of hydrogen-bond acceptors (Lipinski definition) is 4. The lowest BCUT2D eigenvalue weighted by Crippen LogP contribution is -2.49. The van der Waals surface area contributed by atoms with Crippen molar-refractivity contribution in [3.05, 3.63) is 35.9 Å². The summed E-state index contributed by atoms with van der Waals surface area (Å²) in [6.07, 6.45) is -0.115. The number of ether oxygens (including phenoxy) is 2. The molecular weight excluding hydrogens is 320 g/mol. The van der Waals surface area contributed by atoms with Gasteiger partial charge in [-0.15, -0.1) is 0 Å². The summed E-state index contributed by atoms with van der Waals surface area (Å²) in [5, 5.41) is 5.45. The molecule has 1 aromatic carbocycles. The third-order valence-corrected chi connectivity index (χ3v) is 3.14. The van der Waals surface area contributed by atoms with Gasteiger partial charge in [-0.2, -0.15) is 0 Å². The Morgan fingerprint density at radius 3 is 2.32 bits per heavy atom. The highest BCUT2D eigenvalue weighted by Crippen LogP contribution is 2.08. The SMILES string of the molecule is CC(C)OCCNC(=O)C(Cc1ccccc1)NC(=O)OC(C)(C)C. The third-order valence-electron chi connectivity index (χ3n) is 3.14. The molecule has 1 rings (SSSR count). The molecule has 0 heterocycles. The molecule has 1 aromatic rings. The first-order chi connectivity index (χ1) is 11.7. The van der Waals surface area contributed by atoms with E-state index in [-0.39, 0.29) is 12.0 Å². The normalized spacial score (nSPS) is 12.6. The predicted octanol–water partition coefficient (Wildman–Crippen LogP) is 2.66. The predicted molar refractivity (Wildman–Crippen MR) is 97.4 cm³/mol. The van der Waals surface area contributed by atoms with E-state index in [0.717, 1.165) is 5.56 Å². The average Bonchev–Trinajstić information content (AvgIpc) is 2.49. The van der Waals surface area contributed by atoms with Crippen LogP contribution < -0.4 is 10.6 Å². The summed E-state index contributed by atoms with van der Waals surface area (Å²) in [5.41, 5.74) is 0.334. The number of nitrogens with one attached hydrogen (secondary N) is 2. The Balaban J connectivity index is 2.66. The molecule has 25 heavy (non-hydrogen) atoms. The molecule has 0 aliphatic carbocycles. The molecule has 0 bridgehead atoms. The molecule has 0 saturated carbocycles. The fraction of sp³-hybridized carbons (Fsp3) is 0.579. The van der Waals surface area contributed by atoms with E-state index in [1.54, 1.807) is 20.8 Å². The van der Waals surface area contributed by atoms with E-state index in [1.165, 1.54) is 0 Å². The Kier molecular flexibility index (Phi) is 8.41. The molecule has 0 aliphatic heterocycles. The second-order valence-corrected chi connectivity index (χ2v) is 7.10. The Labute approximate surface area is 150 Å². The molecule has 1 unspecified atom stereocenters. The first-order valence-corrected chi connectivity index (χ1v) is 8.60. The van der Waals surface area contributed by atoms with Crippen LogP contribution in [-0.4, -0.2) is 42.9 Å². The maximum atomic E-state index is 12.5. The van der Waals surface area contributed by atoms with E-state index in [4.69, 9.17) is 9.47 Å². The molecular formula is C19H30N2O4. The fourth-order valence-electron chi connectivity index (χ4n) is 2.10. The molecule has 0 aromatic heterocycles. The molecule has 2 N–H and O–H groups in total. The second kappa shape index (κ2) is 10.0. The van der Waals surface area contributed by atoms with Gasteiger partial charge in [0.25, 0.3) is 0 Å². The first-order valence-electron chi connectivity index (χ1n) is 8.60. The lowest BCUT2D eigenvalue weighted by atomic mass is 10.1. The van der Waals surface area contributed by atoms with Crippen LogP contribution in [0.5, 0.6) is 0 Å². The maximum absolute atomic E-state index is 12.5. The minimum Gasteiger partial charge on any atom is -0.444 e. The lowest BCUT2D eigenvalue weighted by Gasteiger charge is -2.23. The number of alkyl carbamates (subject to hydrolysis) is 1. The zero-order valence-electron chi connectivity index (χ0n) is 15.8.